The van der Waals surface area contributed by atoms with Crippen molar-refractivity contribution >= 4 is 16.9 Å². The van der Waals surface area contributed by atoms with Gasteiger partial charge in [-0.2, -0.15) is 8.78 Å². The Morgan fingerprint density at radius 3 is 2.50 bits per heavy atom. The van der Waals surface area contributed by atoms with Crippen molar-refractivity contribution in [1.82, 2.24) is 15.3 Å². The van der Waals surface area contributed by atoms with Crippen molar-refractivity contribution in [2.24, 2.45) is 0 Å². The number of benzene rings is 2. The van der Waals surface area contributed by atoms with Gasteiger partial charge in [0.15, 0.2) is 0 Å². The van der Waals surface area contributed by atoms with Crippen molar-refractivity contribution in [1.29, 1.82) is 0 Å². The second-order valence-electron chi connectivity index (χ2n) is 4.95. The fraction of sp³-hybridized carbons (Fsp3) is 0.118. The summed E-state index contributed by atoms with van der Waals surface area (Å²) in [7, 11) is 0. The number of carbonyl (C=O) groups is 1. The molecule has 3 aromatic rings. The Hall–Kier alpha value is -3.09. The maximum atomic E-state index is 12.1. The quantitative estimate of drug-likeness (QED) is 0.781. The molecule has 1 amide bonds. The molecule has 1 heterocycles. The Morgan fingerprint density at radius 1 is 1.08 bits per heavy atom. The summed E-state index contributed by atoms with van der Waals surface area (Å²) >= 11 is 0. The van der Waals surface area contributed by atoms with Crippen molar-refractivity contribution in [3.05, 3.63) is 66.0 Å². The molecule has 1 aromatic heterocycles. The van der Waals surface area contributed by atoms with Gasteiger partial charge in [-0.05, 0) is 29.8 Å². The minimum absolute atomic E-state index is 0.0699. The first kappa shape index (κ1) is 15.8. The summed E-state index contributed by atoms with van der Waals surface area (Å²) in [4.78, 5) is 20.6. The number of rotatable bonds is 5. The SMILES string of the molecule is O=C(NCc1ccc(OC(F)F)cc1)c1cnc2ccccc2n1. The van der Waals surface area contributed by atoms with Crippen LogP contribution >= 0.6 is 0 Å². The third kappa shape index (κ3) is 3.81. The average molecular weight is 329 g/mol. The van der Waals surface area contributed by atoms with Gasteiger partial charge in [0.05, 0.1) is 17.2 Å². The number of nitrogens with one attached hydrogen (secondary N) is 1. The molecular formula is C17H13F2N3O2. The van der Waals surface area contributed by atoms with Gasteiger partial charge in [-0.1, -0.05) is 24.3 Å². The Kier molecular flexibility index (Phi) is 4.60. The fourth-order valence-electron chi connectivity index (χ4n) is 2.13. The largest absolute Gasteiger partial charge is 0.435 e. The molecule has 0 saturated heterocycles. The van der Waals surface area contributed by atoms with E-state index >= 15 is 0 Å². The lowest BCUT2D eigenvalue weighted by atomic mass is 10.2. The Bertz CT molecular complexity index is 854. The number of alkyl halides is 2. The molecule has 122 valence electrons. The number of nitrogens with zero attached hydrogens (tertiary/aromatic N) is 2. The second kappa shape index (κ2) is 6.99. The highest BCUT2D eigenvalue weighted by molar-refractivity contribution is 5.93. The Labute approximate surface area is 136 Å². The number of aromatic nitrogens is 2. The molecular weight excluding hydrogens is 316 g/mol. The summed E-state index contributed by atoms with van der Waals surface area (Å²) < 4.78 is 28.4. The number of para-hydroxylation sites is 2. The minimum atomic E-state index is -2.86. The first-order valence-corrected chi connectivity index (χ1v) is 7.15. The van der Waals surface area contributed by atoms with Crippen LogP contribution in [-0.4, -0.2) is 22.5 Å². The van der Waals surface area contributed by atoms with Gasteiger partial charge >= 0.3 is 6.61 Å². The zero-order valence-corrected chi connectivity index (χ0v) is 12.4. The second-order valence-corrected chi connectivity index (χ2v) is 4.95. The van der Waals surface area contributed by atoms with Gasteiger partial charge in [0, 0.05) is 6.54 Å². The molecule has 3 rings (SSSR count). The highest BCUT2D eigenvalue weighted by atomic mass is 19.3. The first-order valence-electron chi connectivity index (χ1n) is 7.15. The molecule has 5 nitrogen and oxygen atoms in total. The van der Waals surface area contributed by atoms with E-state index < -0.39 is 6.61 Å². The van der Waals surface area contributed by atoms with Crippen molar-refractivity contribution < 1.29 is 18.3 Å². The number of ether oxygens (including phenoxy) is 1. The van der Waals surface area contributed by atoms with Gasteiger partial charge < -0.3 is 10.1 Å². The van der Waals surface area contributed by atoms with E-state index in [9.17, 15) is 13.6 Å². The summed E-state index contributed by atoms with van der Waals surface area (Å²) in [6.45, 7) is -2.62. The summed E-state index contributed by atoms with van der Waals surface area (Å²) in [5.74, 6) is -0.290. The van der Waals surface area contributed by atoms with Crippen molar-refractivity contribution in [2.75, 3.05) is 0 Å². The van der Waals surface area contributed by atoms with Crippen molar-refractivity contribution in [2.45, 2.75) is 13.2 Å². The van der Waals surface area contributed by atoms with Gasteiger partial charge in [-0.15, -0.1) is 0 Å². The number of amides is 1. The zero-order chi connectivity index (χ0) is 16.9. The standard InChI is InChI=1S/C17H13F2N3O2/c18-17(19)24-12-7-5-11(6-8-12)9-21-16(23)15-10-20-13-3-1-2-4-14(13)22-15/h1-8,10,17H,9H2,(H,21,23). The summed E-state index contributed by atoms with van der Waals surface area (Å²) in [6.07, 6.45) is 1.41. The van der Waals surface area contributed by atoms with E-state index in [-0.39, 0.29) is 23.9 Å². The van der Waals surface area contributed by atoms with E-state index in [1.807, 2.05) is 18.2 Å². The van der Waals surface area contributed by atoms with Crippen molar-refractivity contribution in [3.63, 3.8) is 0 Å². The zero-order valence-electron chi connectivity index (χ0n) is 12.4. The fourth-order valence-corrected chi connectivity index (χ4v) is 2.13. The maximum absolute atomic E-state index is 12.1. The van der Waals surface area contributed by atoms with Gasteiger partial charge in [0.25, 0.3) is 5.91 Å². The monoisotopic (exact) mass is 329 g/mol. The molecule has 0 atom stereocenters. The lowest BCUT2D eigenvalue weighted by molar-refractivity contribution is -0.0498. The van der Waals surface area contributed by atoms with E-state index in [0.717, 1.165) is 5.56 Å². The van der Waals surface area contributed by atoms with Crippen LogP contribution in [-0.2, 0) is 6.54 Å². The molecule has 0 spiro atoms. The molecule has 24 heavy (non-hydrogen) atoms. The summed E-state index contributed by atoms with van der Waals surface area (Å²) in [6, 6.07) is 13.3. The van der Waals surface area contributed by atoms with E-state index in [0.29, 0.717) is 11.0 Å². The van der Waals surface area contributed by atoms with Gasteiger partial charge in [0.1, 0.15) is 11.4 Å². The van der Waals surface area contributed by atoms with Crippen LogP contribution in [0.15, 0.2) is 54.7 Å². The summed E-state index contributed by atoms with van der Waals surface area (Å²) in [5.41, 5.74) is 2.31. The summed E-state index contributed by atoms with van der Waals surface area (Å²) in [5, 5.41) is 2.71. The highest BCUT2D eigenvalue weighted by Gasteiger charge is 2.09. The third-order valence-corrected chi connectivity index (χ3v) is 3.28. The van der Waals surface area contributed by atoms with Gasteiger partial charge in [0.2, 0.25) is 0 Å². The lowest BCUT2D eigenvalue weighted by Gasteiger charge is -2.07. The van der Waals surface area contributed by atoms with Crippen LogP contribution < -0.4 is 10.1 Å². The predicted octanol–water partition coefficient (Wildman–Crippen LogP) is 3.16. The Balaban J connectivity index is 1.63. The number of hydrogen-bond donors (Lipinski definition) is 1. The molecule has 0 bridgehead atoms. The average Bonchev–Trinajstić information content (AvgIpc) is 2.60. The van der Waals surface area contributed by atoms with Crippen LogP contribution in [0.1, 0.15) is 16.1 Å². The molecule has 0 aliphatic heterocycles. The molecule has 0 fully saturated rings. The van der Waals surface area contributed by atoms with Crippen LogP contribution in [0.25, 0.3) is 11.0 Å². The van der Waals surface area contributed by atoms with Crippen LogP contribution in [0.5, 0.6) is 5.75 Å². The van der Waals surface area contributed by atoms with E-state index in [1.54, 1.807) is 18.2 Å². The minimum Gasteiger partial charge on any atom is -0.435 e. The number of fused-ring (bicyclic) bond motifs is 1. The first-order chi connectivity index (χ1) is 11.6. The maximum Gasteiger partial charge on any atom is 0.387 e. The lowest BCUT2D eigenvalue weighted by Crippen LogP contribution is -2.24. The van der Waals surface area contributed by atoms with Gasteiger partial charge in [-0.3, -0.25) is 9.78 Å². The number of hydrogen-bond acceptors (Lipinski definition) is 4. The molecule has 1 N–H and O–H groups in total. The molecule has 0 aliphatic carbocycles. The van der Waals surface area contributed by atoms with Crippen LogP contribution in [0, 0.1) is 0 Å². The smallest absolute Gasteiger partial charge is 0.387 e. The highest BCUT2D eigenvalue weighted by Crippen LogP contribution is 2.15. The molecule has 0 saturated carbocycles. The third-order valence-electron chi connectivity index (χ3n) is 3.28. The van der Waals surface area contributed by atoms with Crippen molar-refractivity contribution in [3.8, 4) is 5.75 Å². The molecule has 2 aromatic carbocycles. The topological polar surface area (TPSA) is 64.1 Å². The van der Waals surface area contributed by atoms with E-state index in [2.05, 4.69) is 20.0 Å². The number of carbonyl (C=O) groups excluding carboxylic acids is 1. The van der Waals surface area contributed by atoms with Crippen LogP contribution in [0.4, 0.5) is 8.78 Å². The van der Waals surface area contributed by atoms with Crippen LogP contribution in [0.3, 0.4) is 0 Å². The van der Waals surface area contributed by atoms with E-state index in [4.69, 9.17) is 0 Å². The molecule has 0 radical (unpaired) electrons. The number of halogens is 2. The normalized spacial score (nSPS) is 10.8. The molecule has 0 aliphatic rings. The van der Waals surface area contributed by atoms with Crippen LogP contribution in [0.2, 0.25) is 0 Å². The van der Waals surface area contributed by atoms with Gasteiger partial charge in [-0.25, -0.2) is 4.98 Å². The Morgan fingerprint density at radius 2 is 1.79 bits per heavy atom. The molecule has 0 unspecified atom stereocenters. The molecule has 7 heteroatoms. The van der Waals surface area contributed by atoms with E-state index in [1.165, 1.54) is 18.3 Å². The predicted molar refractivity (Wildman–Crippen MR) is 83.8 cm³/mol.